The highest BCUT2D eigenvalue weighted by Gasteiger charge is 2.38. The molecule has 1 aromatic heterocycles. The van der Waals surface area contributed by atoms with Gasteiger partial charge in [-0.2, -0.15) is 26.3 Å². The number of hydrogen-bond acceptors (Lipinski definition) is 3. The summed E-state index contributed by atoms with van der Waals surface area (Å²) in [4.78, 5) is 17.5. The van der Waals surface area contributed by atoms with Gasteiger partial charge in [-0.25, -0.2) is 4.39 Å². The van der Waals surface area contributed by atoms with Crippen molar-refractivity contribution in [1.82, 2.24) is 4.98 Å². The fourth-order valence-electron chi connectivity index (χ4n) is 3.00. The van der Waals surface area contributed by atoms with Gasteiger partial charge in [-0.3, -0.25) is 9.78 Å². The van der Waals surface area contributed by atoms with Gasteiger partial charge in [0.25, 0.3) is 5.91 Å². The molecule has 32 heavy (non-hydrogen) atoms. The van der Waals surface area contributed by atoms with Crippen LogP contribution < -0.4 is 4.90 Å². The van der Waals surface area contributed by atoms with Crippen molar-refractivity contribution in [2.24, 2.45) is 0 Å². The maximum Gasteiger partial charge on any atom is 0.416 e. The molecule has 0 fully saturated rings. The first-order valence-electron chi connectivity index (χ1n) is 8.79. The molecule has 0 aliphatic rings. The Hall–Kier alpha value is -3.63. The highest BCUT2D eigenvalue weighted by molar-refractivity contribution is 6.08. The number of pyridine rings is 1. The average molecular weight is 458 g/mol. The summed E-state index contributed by atoms with van der Waals surface area (Å²) in [6.07, 6.45) is -7.82. The first-order valence-corrected chi connectivity index (χ1v) is 8.79. The number of halogens is 7. The topological polar surface area (TPSA) is 53.4 Å². The third-order valence-electron chi connectivity index (χ3n) is 4.55. The van der Waals surface area contributed by atoms with Gasteiger partial charge >= 0.3 is 12.4 Å². The van der Waals surface area contributed by atoms with Crippen molar-refractivity contribution in [3.63, 3.8) is 0 Å². The number of nitrogens with zero attached hydrogens (tertiary/aromatic N) is 2. The van der Waals surface area contributed by atoms with Crippen molar-refractivity contribution in [2.45, 2.75) is 12.4 Å². The maximum atomic E-state index is 13.3. The number of benzene rings is 2. The van der Waals surface area contributed by atoms with Crippen LogP contribution in [0.25, 0.3) is 11.1 Å². The summed E-state index contributed by atoms with van der Waals surface area (Å²) in [6, 6.07) is 4.95. The van der Waals surface area contributed by atoms with Gasteiger partial charge in [-0.15, -0.1) is 0 Å². The number of alkyl halides is 6. The SMILES string of the molecule is CN(C(=O)c1cc(C(F)(F)F)cc(C(F)(F)F)c1)c1cnccc1-c1ccc(F)cc1O. The van der Waals surface area contributed by atoms with E-state index in [1.54, 1.807) is 0 Å². The largest absolute Gasteiger partial charge is 0.507 e. The van der Waals surface area contributed by atoms with E-state index < -0.39 is 46.5 Å². The fraction of sp³-hybridized carbons (Fsp3) is 0.143. The second-order valence-corrected chi connectivity index (χ2v) is 6.71. The third kappa shape index (κ3) is 4.66. The van der Waals surface area contributed by atoms with Gasteiger partial charge in [0.1, 0.15) is 11.6 Å². The summed E-state index contributed by atoms with van der Waals surface area (Å²) in [5.41, 5.74) is -3.93. The Morgan fingerprint density at radius 1 is 0.906 bits per heavy atom. The first kappa shape index (κ1) is 23.0. The van der Waals surface area contributed by atoms with E-state index in [4.69, 9.17) is 0 Å². The summed E-state index contributed by atoms with van der Waals surface area (Å²) >= 11 is 0. The van der Waals surface area contributed by atoms with E-state index in [0.717, 1.165) is 30.3 Å². The molecular formula is C21H13F7N2O2. The van der Waals surface area contributed by atoms with E-state index in [-0.39, 0.29) is 22.9 Å². The van der Waals surface area contributed by atoms with Crippen molar-refractivity contribution >= 4 is 11.6 Å². The lowest BCUT2D eigenvalue weighted by Gasteiger charge is -2.22. The lowest BCUT2D eigenvalue weighted by molar-refractivity contribution is -0.143. The number of anilines is 1. The molecule has 0 saturated carbocycles. The van der Waals surface area contributed by atoms with E-state index in [1.807, 2.05) is 0 Å². The van der Waals surface area contributed by atoms with Crippen LogP contribution in [0.3, 0.4) is 0 Å². The highest BCUT2D eigenvalue weighted by Crippen LogP contribution is 2.38. The monoisotopic (exact) mass is 458 g/mol. The van der Waals surface area contributed by atoms with Crippen LogP contribution in [0.5, 0.6) is 5.75 Å². The molecule has 0 radical (unpaired) electrons. The number of carbonyl (C=O) groups excluding carboxylic acids is 1. The van der Waals surface area contributed by atoms with Gasteiger partial charge in [0, 0.05) is 36.0 Å². The van der Waals surface area contributed by atoms with Crippen molar-refractivity contribution in [1.29, 1.82) is 0 Å². The number of aromatic hydroxyl groups is 1. The summed E-state index contributed by atoms with van der Waals surface area (Å²) < 4.78 is 92.1. The van der Waals surface area contributed by atoms with Gasteiger partial charge < -0.3 is 10.0 Å². The first-order chi connectivity index (χ1) is 14.8. The maximum absolute atomic E-state index is 13.3. The average Bonchev–Trinajstić information content (AvgIpc) is 2.71. The molecule has 4 nitrogen and oxygen atoms in total. The molecule has 3 rings (SSSR count). The summed E-state index contributed by atoms with van der Waals surface area (Å²) in [6.45, 7) is 0. The number of rotatable bonds is 3. The van der Waals surface area contributed by atoms with Crippen LogP contribution >= 0.6 is 0 Å². The van der Waals surface area contributed by atoms with Crippen LogP contribution in [0.4, 0.5) is 36.4 Å². The molecule has 11 heteroatoms. The minimum Gasteiger partial charge on any atom is -0.507 e. The minimum absolute atomic E-state index is 0.0367. The van der Waals surface area contributed by atoms with E-state index in [2.05, 4.69) is 4.98 Å². The third-order valence-corrected chi connectivity index (χ3v) is 4.55. The minimum atomic E-state index is -5.12. The lowest BCUT2D eigenvalue weighted by Crippen LogP contribution is -2.28. The van der Waals surface area contributed by atoms with Gasteiger partial charge in [0.05, 0.1) is 23.0 Å². The van der Waals surface area contributed by atoms with Crippen molar-refractivity contribution < 1.29 is 40.6 Å². The quantitative estimate of drug-likeness (QED) is 0.497. The van der Waals surface area contributed by atoms with Gasteiger partial charge in [0.2, 0.25) is 0 Å². The second-order valence-electron chi connectivity index (χ2n) is 6.71. The molecular weight excluding hydrogens is 445 g/mol. The Kier molecular flexibility index (Phi) is 5.86. The molecule has 1 heterocycles. The predicted molar refractivity (Wildman–Crippen MR) is 100 cm³/mol. The van der Waals surface area contributed by atoms with Gasteiger partial charge in [0.15, 0.2) is 0 Å². The molecule has 0 aliphatic carbocycles. The number of phenolic OH excluding ortho intramolecular Hbond substituents is 1. The van der Waals surface area contributed by atoms with Crippen molar-refractivity contribution in [3.8, 4) is 16.9 Å². The number of aromatic nitrogens is 1. The molecule has 2 aromatic carbocycles. The standard InChI is InChI=1S/C21H13F7N2O2/c1-30(17-10-29-5-4-15(17)16-3-2-14(22)9-18(16)31)19(32)11-6-12(20(23,24)25)8-13(7-11)21(26,27)28/h2-10,31H,1H3. The second kappa shape index (κ2) is 8.13. The van der Waals surface area contributed by atoms with Crippen LogP contribution in [0.1, 0.15) is 21.5 Å². The number of hydrogen-bond donors (Lipinski definition) is 1. The van der Waals surface area contributed by atoms with E-state index >= 15 is 0 Å². The van der Waals surface area contributed by atoms with Crippen LogP contribution in [0.15, 0.2) is 54.9 Å². The number of amides is 1. The molecule has 0 bridgehead atoms. The Morgan fingerprint density at radius 3 is 2.03 bits per heavy atom. The molecule has 0 atom stereocenters. The van der Waals surface area contributed by atoms with E-state index in [9.17, 15) is 40.6 Å². The molecule has 0 aliphatic heterocycles. The van der Waals surface area contributed by atoms with E-state index in [1.165, 1.54) is 18.3 Å². The Morgan fingerprint density at radius 2 is 1.50 bits per heavy atom. The normalized spacial score (nSPS) is 12.0. The van der Waals surface area contributed by atoms with Crippen molar-refractivity contribution in [3.05, 3.63) is 77.4 Å². The number of carbonyl (C=O) groups is 1. The summed E-state index contributed by atoms with van der Waals surface area (Å²) in [7, 11) is 1.12. The van der Waals surface area contributed by atoms with E-state index in [0.29, 0.717) is 12.1 Å². The summed E-state index contributed by atoms with van der Waals surface area (Å²) in [5.74, 6) is -2.41. The summed E-state index contributed by atoms with van der Waals surface area (Å²) in [5, 5.41) is 10.0. The Labute approximate surface area is 176 Å². The predicted octanol–water partition coefficient (Wildman–Crippen LogP) is 5.91. The zero-order valence-electron chi connectivity index (χ0n) is 16.1. The van der Waals surface area contributed by atoms with Gasteiger partial charge in [-0.05, 0) is 36.4 Å². The molecule has 1 N–H and O–H groups in total. The number of phenols is 1. The van der Waals surface area contributed by atoms with Crippen LogP contribution in [0, 0.1) is 5.82 Å². The smallest absolute Gasteiger partial charge is 0.416 e. The van der Waals surface area contributed by atoms with Crippen molar-refractivity contribution in [2.75, 3.05) is 11.9 Å². The molecule has 0 unspecified atom stereocenters. The Bertz CT molecular complexity index is 1140. The molecule has 1 amide bonds. The molecule has 3 aromatic rings. The van der Waals surface area contributed by atoms with Gasteiger partial charge in [-0.1, -0.05) is 0 Å². The van der Waals surface area contributed by atoms with Crippen LogP contribution in [-0.2, 0) is 12.4 Å². The lowest BCUT2D eigenvalue weighted by atomic mass is 10.0. The molecule has 168 valence electrons. The van der Waals surface area contributed by atoms with Crippen LogP contribution in [-0.4, -0.2) is 23.0 Å². The molecule has 0 spiro atoms. The fourth-order valence-corrected chi connectivity index (χ4v) is 3.00. The van der Waals surface area contributed by atoms with Crippen LogP contribution in [0.2, 0.25) is 0 Å². The zero-order valence-corrected chi connectivity index (χ0v) is 16.1. The zero-order chi connectivity index (χ0) is 23.8. The Balaban J connectivity index is 2.11. The highest BCUT2D eigenvalue weighted by atomic mass is 19.4. The molecule has 0 saturated heterocycles.